The summed E-state index contributed by atoms with van der Waals surface area (Å²) in [6, 6.07) is -0.0941. The van der Waals surface area contributed by atoms with Crippen LogP contribution in [0, 0.1) is 28.6 Å². The lowest BCUT2D eigenvalue weighted by atomic mass is 9.48. The predicted octanol–water partition coefficient (Wildman–Crippen LogP) is 3.71. The van der Waals surface area contributed by atoms with E-state index in [9.17, 15) is 17.8 Å². The number of hydrogen-bond donors (Lipinski definition) is 1. The van der Waals surface area contributed by atoms with Gasteiger partial charge in [0.15, 0.2) is 0 Å². The first kappa shape index (κ1) is 11.9. The number of rotatable bonds is 2. The summed E-state index contributed by atoms with van der Waals surface area (Å²) in [6.45, 7) is 3.65. The zero-order valence-corrected chi connectivity index (χ0v) is 15.3. The van der Waals surface area contributed by atoms with Crippen LogP contribution in [0.1, 0.15) is 73.3 Å². The molecule has 0 spiro atoms. The van der Waals surface area contributed by atoms with Gasteiger partial charge in [0, 0.05) is 17.3 Å². The first-order chi connectivity index (χ1) is 13.9. The van der Waals surface area contributed by atoms with E-state index in [4.69, 9.17) is 8.22 Å². The van der Waals surface area contributed by atoms with Gasteiger partial charge in [0.1, 0.15) is 5.78 Å². The molecule has 140 valence electrons. The monoisotopic (exact) mass is 374 g/mol. The van der Waals surface area contributed by atoms with Crippen LogP contribution >= 0.6 is 0 Å². The zero-order chi connectivity index (χ0) is 23.4. The van der Waals surface area contributed by atoms with Crippen molar-refractivity contribution in [2.75, 3.05) is 0 Å². The van der Waals surface area contributed by atoms with Crippen LogP contribution in [0.15, 0.2) is 11.6 Å². The SMILES string of the molecule is [2H]C1=C2C([2H])([2H])[C@@]([2H])(OS(=O)(=O)O)C([2H])([2H])C[C@]2(C)C2CC[C@]3(C)C(=O)CCC3C2C1. The Labute approximate surface area is 158 Å². The summed E-state index contributed by atoms with van der Waals surface area (Å²) in [4.78, 5) is 12.6. The van der Waals surface area contributed by atoms with Crippen molar-refractivity contribution in [2.45, 2.75) is 71.2 Å². The minimum Gasteiger partial charge on any atom is -0.299 e. The van der Waals surface area contributed by atoms with Crippen LogP contribution in [-0.2, 0) is 19.4 Å². The van der Waals surface area contributed by atoms with Crippen molar-refractivity contribution < 1.29 is 30.2 Å². The Bertz CT molecular complexity index is 980. The summed E-state index contributed by atoms with van der Waals surface area (Å²) in [5.74, 6) is -0.0470. The standard InChI is InChI=1S/C19H28O5S/c1-18-9-7-13(24-25(21,22)23)11-12(18)3-4-14-15-5-6-17(20)19(15,2)10-8-16(14)18/h3,13-16H,4-11H2,1-2H3,(H,21,22,23)/t13-,14?,15?,16?,18-,19-/m0/s1/i3D,7D2,11D2,13D. The van der Waals surface area contributed by atoms with Gasteiger partial charge in [-0.05, 0) is 68.0 Å². The maximum atomic E-state index is 12.6. The molecular formula is C19H28O5S. The quantitative estimate of drug-likeness (QED) is 0.589. The van der Waals surface area contributed by atoms with Crippen molar-refractivity contribution in [2.24, 2.45) is 28.6 Å². The lowest BCUT2D eigenvalue weighted by Gasteiger charge is -2.56. The maximum Gasteiger partial charge on any atom is 0.397 e. The summed E-state index contributed by atoms with van der Waals surface area (Å²) < 4.78 is 87.6. The first-order valence-electron chi connectivity index (χ1n) is 11.8. The molecule has 0 aromatic carbocycles. The molecule has 4 aliphatic carbocycles. The van der Waals surface area contributed by atoms with Gasteiger partial charge in [0.25, 0.3) is 0 Å². The van der Waals surface area contributed by atoms with Crippen LogP contribution in [0.4, 0.5) is 0 Å². The molecule has 4 aliphatic rings. The van der Waals surface area contributed by atoms with E-state index in [0.29, 0.717) is 25.7 Å². The average Bonchev–Trinajstić information content (AvgIpc) is 2.86. The molecule has 5 nitrogen and oxygen atoms in total. The number of allylic oxidation sites excluding steroid dienone is 1. The minimum atomic E-state index is -5.34. The molecule has 0 aromatic rings. The lowest BCUT2D eigenvalue weighted by Crippen LogP contribution is -2.50. The van der Waals surface area contributed by atoms with E-state index in [1.807, 2.05) is 6.92 Å². The fourth-order valence-corrected chi connectivity index (χ4v) is 6.04. The van der Waals surface area contributed by atoms with Gasteiger partial charge in [-0.1, -0.05) is 25.5 Å². The zero-order valence-electron chi connectivity index (χ0n) is 20.5. The van der Waals surface area contributed by atoms with Crippen LogP contribution in [0.25, 0.3) is 0 Å². The number of ketones is 1. The summed E-state index contributed by atoms with van der Waals surface area (Å²) in [7, 11) is -5.34. The highest BCUT2D eigenvalue weighted by molar-refractivity contribution is 7.80. The van der Waals surface area contributed by atoms with Crippen LogP contribution in [0.5, 0.6) is 0 Å². The van der Waals surface area contributed by atoms with Crippen molar-refractivity contribution in [1.82, 2.24) is 0 Å². The second kappa shape index (κ2) is 5.64. The molecule has 0 amide bonds. The van der Waals surface area contributed by atoms with Crippen LogP contribution in [0.3, 0.4) is 0 Å². The first-order valence-corrected chi connectivity index (χ1v) is 10.2. The van der Waals surface area contributed by atoms with E-state index in [1.165, 1.54) is 0 Å². The topological polar surface area (TPSA) is 80.7 Å². The van der Waals surface area contributed by atoms with Gasteiger partial charge in [-0.3, -0.25) is 9.35 Å². The van der Waals surface area contributed by atoms with Crippen LogP contribution in [-0.4, -0.2) is 24.8 Å². The highest BCUT2D eigenvalue weighted by Crippen LogP contribution is 2.64. The summed E-state index contributed by atoms with van der Waals surface area (Å²) in [5.41, 5.74) is -1.74. The number of Topliss-reactive ketones (excluding diaryl/α,β-unsaturated/α-hetero) is 1. The fourth-order valence-electron chi connectivity index (χ4n) is 5.73. The molecule has 4 rings (SSSR count). The van der Waals surface area contributed by atoms with E-state index in [2.05, 4.69) is 4.18 Å². The van der Waals surface area contributed by atoms with Gasteiger partial charge < -0.3 is 0 Å². The molecule has 6 heteroatoms. The molecule has 0 heterocycles. The van der Waals surface area contributed by atoms with Crippen molar-refractivity contribution in [3.8, 4) is 0 Å². The maximum absolute atomic E-state index is 12.6. The minimum absolute atomic E-state index is 0.0333. The van der Waals surface area contributed by atoms with Gasteiger partial charge in [-0.2, -0.15) is 8.42 Å². The number of hydrogen-bond acceptors (Lipinski definition) is 4. The molecule has 0 aliphatic heterocycles. The Hall–Kier alpha value is -0.720. The van der Waals surface area contributed by atoms with Gasteiger partial charge in [-0.15, -0.1) is 0 Å². The second-order valence-corrected chi connectivity index (χ2v) is 9.31. The molecule has 3 fully saturated rings. The Morgan fingerprint density at radius 1 is 1.32 bits per heavy atom. The number of carbonyl (C=O) groups is 1. The average molecular weight is 375 g/mol. The molecule has 0 bridgehead atoms. The Balaban J connectivity index is 1.87. The fraction of sp³-hybridized carbons (Fsp3) is 0.842. The predicted molar refractivity (Wildman–Crippen MR) is 93.1 cm³/mol. The third-order valence-electron chi connectivity index (χ3n) is 7.09. The Morgan fingerprint density at radius 3 is 2.76 bits per heavy atom. The van der Waals surface area contributed by atoms with Crippen molar-refractivity contribution >= 4 is 16.2 Å². The normalized spacial score (nSPS) is 57.7. The van der Waals surface area contributed by atoms with E-state index in [0.717, 1.165) is 0 Å². The second-order valence-electron chi connectivity index (χ2n) is 8.29. The smallest absolute Gasteiger partial charge is 0.299 e. The third kappa shape index (κ3) is 2.72. The van der Waals surface area contributed by atoms with Gasteiger partial charge in [0.05, 0.1) is 8.82 Å². The molecular weight excluding hydrogens is 340 g/mol. The van der Waals surface area contributed by atoms with Crippen LogP contribution in [0.2, 0.25) is 0 Å². The van der Waals surface area contributed by atoms with Gasteiger partial charge in [0.2, 0.25) is 0 Å². The Kier molecular flexibility index (Phi) is 2.68. The summed E-state index contributed by atoms with van der Waals surface area (Å²) in [5, 5.41) is 0. The largest absolute Gasteiger partial charge is 0.397 e. The molecule has 0 aromatic heterocycles. The van der Waals surface area contributed by atoms with Crippen molar-refractivity contribution in [1.29, 1.82) is 0 Å². The molecule has 3 unspecified atom stereocenters. The van der Waals surface area contributed by atoms with Crippen LogP contribution < -0.4 is 0 Å². The van der Waals surface area contributed by atoms with E-state index < -0.39 is 46.5 Å². The highest BCUT2D eigenvalue weighted by atomic mass is 32.3. The molecule has 1 N–H and O–H groups in total. The van der Waals surface area contributed by atoms with Crippen molar-refractivity contribution in [3.05, 3.63) is 11.6 Å². The molecule has 6 atom stereocenters. The number of carbonyl (C=O) groups excluding carboxylic acids is 1. The third-order valence-corrected chi connectivity index (χ3v) is 7.47. The number of fused-ring (bicyclic) bond motifs is 5. The van der Waals surface area contributed by atoms with E-state index in [-0.39, 0.29) is 41.6 Å². The summed E-state index contributed by atoms with van der Waals surface area (Å²) in [6.07, 6.45) is -6.93. The molecule has 0 saturated heterocycles. The van der Waals surface area contributed by atoms with Gasteiger partial charge >= 0.3 is 10.4 Å². The summed E-state index contributed by atoms with van der Waals surface area (Å²) >= 11 is 0. The molecule has 0 radical (unpaired) electrons. The highest BCUT2D eigenvalue weighted by Gasteiger charge is 2.58. The molecule has 25 heavy (non-hydrogen) atoms. The van der Waals surface area contributed by atoms with E-state index >= 15 is 0 Å². The molecule has 3 saturated carbocycles. The van der Waals surface area contributed by atoms with E-state index in [1.54, 1.807) is 6.92 Å². The van der Waals surface area contributed by atoms with Gasteiger partial charge in [-0.25, -0.2) is 4.18 Å². The Morgan fingerprint density at radius 2 is 2.04 bits per heavy atom. The van der Waals surface area contributed by atoms with Crippen molar-refractivity contribution in [3.63, 3.8) is 0 Å². The lowest BCUT2D eigenvalue weighted by molar-refractivity contribution is -0.131.